The van der Waals surface area contributed by atoms with E-state index in [0.717, 1.165) is 0 Å². The van der Waals surface area contributed by atoms with Crippen LogP contribution in [-0.2, 0) is 25.7 Å². The van der Waals surface area contributed by atoms with Crippen LogP contribution in [0.1, 0.15) is 27.2 Å². The highest BCUT2D eigenvalue weighted by Crippen LogP contribution is 2.18. The van der Waals surface area contributed by atoms with Gasteiger partial charge in [0.1, 0.15) is 23.9 Å². The Morgan fingerprint density at radius 2 is 2.00 bits per heavy atom. The van der Waals surface area contributed by atoms with Crippen LogP contribution < -0.4 is 22.1 Å². The Bertz CT molecular complexity index is 1010. The summed E-state index contributed by atoms with van der Waals surface area (Å²) in [6, 6.07) is 0. The molecule has 6 N–H and O–H groups in total. The summed E-state index contributed by atoms with van der Waals surface area (Å²) in [4.78, 5) is 61.0. The number of rotatable bonds is 10. The maximum atomic E-state index is 12.8. The molecule has 0 saturated carbocycles. The molecule has 3 amide bonds. The maximum absolute atomic E-state index is 12.8. The molecule has 2 heterocycles. The first-order valence-corrected chi connectivity index (χ1v) is 10.2. The zero-order valence-corrected chi connectivity index (χ0v) is 18.8. The molecule has 33 heavy (non-hydrogen) atoms. The molecule has 180 valence electrons. The van der Waals surface area contributed by atoms with Crippen LogP contribution in [0.5, 0.6) is 0 Å². The van der Waals surface area contributed by atoms with Crippen LogP contribution in [0.25, 0.3) is 11.2 Å². The van der Waals surface area contributed by atoms with Crippen molar-refractivity contribution >= 4 is 47.1 Å². The number of carbonyl (C=O) groups is 4. The fraction of sp³-hybridized carbons (Fsp3) is 0.526. The van der Waals surface area contributed by atoms with E-state index in [1.807, 2.05) is 0 Å². The molecule has 0 atom stereocenters. The topological polar surface area (TPSA) is 200 Å². The van der Waals surface area contributed by atoms with E-state index in [1.54, 1.807) is 20.8 Å². The normalized spacial score (nSPS) is 11.2. The summed E-state index contributed by atoms with van der Waals surface area (Å²) in [5.74, 6) is -0.814. The van der Waals surface area contributed by atoms with E-state index in [4.69, 9.17) is 16.2 Å². The number of amides is 3. The largest absolute Gasteiger partial charge is 0.444 e. The molecule has 0 spiro atoms. The number of nitrogens with one attached hydrogen (secondary N) is 2. The van der Waals surface area contributed by atoms with Crippen LogP contribution in [-0.4, -0.2) is 80.4 Å². The van der Waals surface area contributed by atoms with Gasteiger partial charge in [-0.3, -0.25) is 14.9 Å². The third-order valence-electron chi connectivity index (χ3n) is 4.12. The Morgan fingerprint density at radius 1 is 1.27 bits per heavy atom. The second kappa shape index (κ2) is 11.2. The van der Waals surface area contributed by atoms with Gasteiger partial charge in [0, 0.05) is 26.1 Å². The number of hydrogen-bond donors (Lipinski definition) is 4. The van der Waals surface area contributed by atoms with Crippen LogP contribution in [0.2, 0.25) is 0 Å². The number of ether oxygens (including phenoxy) is 1. The number of nitrogen functional groups attached to an aromatic ring is 1. The summed E-state index contributed by atoms with van der Waals surface area (Å²) in [5, 5.41) is 5.03. The van der Waals surface area contributed by atoms with Crippen molar-refractivity contribution in [2.24, 2.45) is 5.73 Å². The molecule has 0 aliphatic carbocycles. The second-order valence-electron chi connectivity index (χ2n) is 8.00. The SMILES string of the molecule is CC(C)(C)OC(=O)NCCN(CC=O)C(=O)Cn1cnc2c(N)nc(NC(=O)CCN)nc21. The lowest BCUT2D eigenvalue weighted by Crippen LogP contribution is -2.42. The van der Waals surface area contributed by atoms with E-state index < -0.39 is 17.6 Å². The number of hydrogen-bond acceptors (Lipinski definition) is 10. The molecule has 2 rings (SSSR count). The lowest BCUT2D eigenvalue weighted by Gasteiger charge is -2.22. The van der Waals surface area contributed by atoms with Gasteiger partial charge in [-0.25, -0.2) is 9.78 Å². The molecule has 2 aromatic rings. The van der Waals surface area contributed by atoms with Crippen LogP contribution >= 0.6 is 0 Å². The van der Waals surface area contributed by atoms with E-state index in [1.165, 1.54) is 15.8 Å². The number of nitrogens with zero attached hydrogens (tertiary/aromatic N) is 5. The highest BCUT2D eigenvalue weighted by Gasteiger charge is 2.19. The number of alkyl carbamates (subject to hydrolysis) is 1. The number of carbonyl (C=O) groups excluding carboxylic acids is 4. The number of anilines is 2. The predicted octanol–water partition coefficient (Wildman–Crippen LogP) is -0.752. The van der Waals surface area contributed by atoms with Gasteiger partial charge in [-0.15, -0.1) is 0 Å². The lowest BCUT2D eigenvalue weighted by atomic mass is 10.2. The summed E-state index contributed by atoms with van der Waals surface area (Å²) in [5.41, 5.74) is 11.1. The molecule has 0 fully saturated rings. The van der Waals surface area contributed by atoms with Gasteiger partial charge in [-0.2, -0.15) is 9.97 Å². The molecule has 0 aromatic carbocycles. The minimum atomic E-state index is -0.656. The van der Waals surface area contributed by atoms with Crippen LogP contribution in [0.15, 0.2) is 6.33 Å². The fourth-order valence-electron chi connectivity index (χ4n) is 2.72. The van der Waals surface area contributed by atoms with Gasteiger partial charge in [0.25, 0.3) is 0 Å². The molecular formula is C19H29N9O5. The summed E-state index contributed by atoms with van der Waals surface area (Å²) in [6.45, 7) is 5.15. The van der Waals surface area contributed by atoms with Crippen LogP contribution in [0.4, 0.5) is 16.6 Å². The molecule has 0 aliphatic heterocycles. The standard InChI is InChI=1S/C19H29N9O5/c1-19(2,3)33-18(32)22-6-7-27(8-9-29)13(31)10-28-11-23-14-15(21)25-17(26-16(14)28)24-12(30)4-5-20/h9,11H,4-8,10,20H2,1-3H3,(H,22,32)(H3,21,24,25,26,30). The smallest absolute Gasteiger partial charge is 0.407 e. The number of imidazole rings is 1. The Kier molecular flexibility index (Phi) is 8.62. The molecule has 0 unspecified atom stereocenters. The van der Waals surface area contributed by atoms with Crippen LogP contribution in [0, 0.1) is 0 Å². The van der Waals surface area contributed by atoms with Crippen molar-refractivity contribution in [2.75, 3.05) is 37.2 Å². The highest BCUT2D eigenvalue weighted by atomic mass is 16.6. The minimum absolute atomic E-state index is 0.0283. The lowest BCUT2D eigenvalue weighted by molar-refractivity contribution is -0.133. The highest BCUT2D eigenvalue weighted by molar-refractivity contribution is 5.91. The quantitative estimate of drug-likeness (QED) is 0.325. The monoisotopic (exact) mass is 463 g/mol. The van der Waals surface area contributed by atoms with Crippen molar-refractivity contribution < 1.29 is 23.9 Å². The van der Waals surface area contributed by atoms with Gasteiger partial charge in [0.05, 0.1) is 12.9 Å². The van der Waals surface area contributed by atoms with Crippen molar-refractivity contribution in [3.05, 3.63) is 6.33 Å². The molecule has 0 bridgehead atoms. The summed E-state index contributed by atoms with van der Waals surface area (Å²) >= 11 is 0. The average Bonchev–Trinajstić information content (AvgIpc) is 3.09. The number of nitrogens with two attached hydrogens (primary N) is 2. The maximum Gasteiger partial charge on any atom is 0.407 e. The van der Waals surface area contributed by atoms with Crippen molar-refractivity contribution in [3.63, 3.8) is 0 Å². The predicted molar refractivity (Wildman–Crippen MR) is 119 cm³/mol. The zero-order valence-electron chi connectivity index (χ0n) is 18.8. The van der Waals surface area contributed by atoms with E-state index in [9.17, 15) is 19.2 Å². The average molecular weight is 463 g/mol. The Balaban J connectivity index is 2.09. The Hall–Kier alpha value is -3.81. The van der Waals surface area contributed by atoms with Crippen molar-refractivity contribution in [1.29, 1.82) is 0 Å². The first-order valence-electron chi connectivity index (χ1n) is 10.2. The van der Waals surface area contributed by atoms with Gasteiger partial charge in [0.15, 0.2) is 11.5 Å². The van der Waals surface area contributed by atoms with Gasteiger partial charge < -0.3 is 35.8 Å². The van der Waals surface area contributed by atoms with Crippen molar-refractivity contribution in [1.82, 2.24) is 29.7 Å². The number of fused-ring (bicyclic) bond motifs is 1. The van der Waals surface area contributed by atoms with E-state index >= 15 is 0 Å². The molecule has 14 heteroatoms. The molecule has 0 radical (unpaired) electrons. The van der Waals surface area contributed by atoms with E-state index in [0.29, 0.717) is 6.29 Å². The molecular weight excluding hydrogens is 434 g/mol. The Morgan fingerprint density at radius 3 is 2.64 bits per heavy atom. The van der Waals surface area contributed by atoms with Crippen molar-refractivity contribution in [3.8, 4) is 0 Å². The van der Waals surface area contributed by atoms with E-state index in [2.05, 4.69) is 25.6 Å². The first-order chi connectivity index (χ1) is 15.5. The van der Waals surface area contributed by atoms with Gasteiger partial charge in [-0.1, -0.05) is 0 Å². The second-order valence-corrected chi connectivity index (χ2v) is 8.00. The molecule has 2 aromatic heterocycles. The van der Waals surface area contributed by atoms with Gasteiger partial charge >= 0.3 is 6.09 Å². The summed E-state index contributed by atoms with van der Waals surface area (Å²) in [7, 11) is 0. The summed E-state index contributed by atoms with van der Waals surface area (Å²) in [6.07, 6.45) is 1.40. The third-order valence-corrected chi connectivity index (χ3v) is 4.12. The number of aromatic nitrogens is 4. The van der Waals surface area contributed by atoms with Gasteiger partial charge in [0.2, 0.25) is 17.8 Å². The zero-order chi connectivity index (χ0) is 24.6. The molecule has 0 saturated heterocycles. The summed E-state index contributed by atoms with van der Waals surface area (Å²) < 4.78 is 6.56. The Labute approximate surface area is 190 Å². The van der Waals surface area contributed by atoms with E-state index in [-0.39, 0.29) is 68.0 Å². The van der Waals surface area contributed by atoms with Gasteiger partial charge in [-0.05, 0) is 20.8 Å². The first kappa shape index (κ1) is 25.5. The molecule has 14 nitrogen and oxygen atoms in total. The third kappa shape index (κ3) is 7.68. The minimum Gasteiger partial charge on any atom is -0.444 e. The fourth-order valence-corrected chi connectivity index (χ4v) is 2.72. The van der Waals surface area contributed by atoms with Crippen molar-refractivity contribution in [2.45, 2.75) is 39.3 Å². The molecule has 0 aliphatic rings. The number of aldehydes is 1. The van der Waals surface area contributed by atoms with Crippen LogP contribution in [0.3, 0.4) is 0 Å².